The van der Waals surface area contributed by atoms with E-state index in [4.69, 9.17) is 0 Å². The highest BCUT2D eigenvalue weighted by molar-refractivity contribution is 5.37. The third-order valence-electron chi connectivity index (χ3n) is 1.31. The van der Waals surface area contributed by atoms with Crippen molar-refractivity contribution >= 4 is 6.47 Å². The van der Waals surface area contributed by atoms with Crippen molar-refractivity contribution in [1.29, 1.82) is 0 Å². The maximum atomic E-state index is 9.75. The van der Waals surface area contributed by atoms with Gasteiger partial charge in [-0.2, -0.15) is 0 Å². The van der Waals surface area contributed by atoms with Crippen LogP contribution in [0.25, 0.3) is 0 Å². The molecular formula is C6H11NO2. The molecule has 0 aromatic carbocycles. The Balaban J connectivity index is 2.01. The van der Waals surface area contributed by atoms with E-state index in [1.807, 2.05) is 6.92 Å². The van der Waals surface area contributed by atoms with Gasteiger partial charge in [0.25, 0.3) is 6.47 Å². The summed E-state index contributed by atoms with van der Waals surface area (Å²) in [5.74, 6) is 0. The Kier molecular flexibility index (Phi) is 2.05. The summed E-state index contributed by atoms with van der Waals surface area (Å²) in [6.07, 6.45) is 2.31. The van der Waals surface area contributed by atoms with E-state index in [0.717, 1.165) is 0 Å². The van der Waals surface area contributed by atoms with Crippen molar-refractivity contribution in [2.24, 2.45) is 0 Å². The molecule has 0 amide bonds. The molecule has 1 aliphatic rings. The van der Waals surface area contributed by atoms with Gasteiger partial charge in [-0.05, 0) is 19.8 Å². The summed E-state index contributed by atoms with van der Waals surface area (Å²) < 4.78 is 4.60. The van der Waals surface area contributed by atoms with Crippen LogP contribution in [0.1, 0.15) is 19.8 Å². The summed E-state index contributed by atoms with van der Waals surface area (Å²) >= 11 is 0. The van der Waals surface area contributed by atoms with Gasteiger partial charge in [0, 0.05) is 6.04 Å². The fraction of sp³-hybridized carbons (Fsp3) is 0.833. The molecule has 1 fully saturated rings. The van der Waals surface area contributed by atoms with E-state index >= 15 is 0 Å². The minimum Gasteiger partial charge on any atom is -0.449 e. The third-order valence-corrected chi connectivity index (χ3v) is 1.31. The van der Waals surface area contributed by atoms with Crippen LogP contribution in [0, 0.1) is 0 Å². The van der Waals surface area contributed by atoms with Crippen LogP contribution in [0.4, 0.5) is 0 Å². The van der Waals surface area contributed by atoms with Crippen molar-refractivity contribution in [2.45, 2.75) is 32.0 Å². The first-order valence-electron chi connectivity index (χ1n) is 3.18. The van der Waals surface area contributed by atoms with Crippen LogP contribution in [0.15, 0.2) is 0 Å². The van der Waals surface area contributed by atoms with E-state index in [2.05, 4.69) is 10.1 Å². The Hall–Kier alpha value is -0.570. The molecule has 0 bridgehead atoms. The number of nitrogens with one attached hydrogen (secondary N) is 1. The fourth-order valence-electron chi connectivity index (χ4n) is 0.705. The summed E-state index contributed by atoms with van der Waals surface area (Å²) in [6.45, 7) is 2.30. The van der Waals surface area contributed by atoms with E-state index in [9.17, 15) is 4.79 Å². The lowest BCUT2D eigenvalue weighted by Crippen LogP contribution is -2.30. The largest absolute Gasteiger partial charge is 0.449 e. The summed E-state index contributed by atoms with van der Waals surface area (Å²) in [5, 5.41) is 3.10. The van der Waals surface area contributed by atoms with Gasteiger partial charge in [0.05, 0.1) is 0 Å². The lowest BCUT2D eigenvalue weighted by Gasteiger charge is -2.09. The van der Waals surface area contributed by atoms with Crippen molar-refractivity contribution in [1.82, 2.24) is 5.32 Å². The molecular weight excluding hydrogens is 118 g/mol. The SMILES string of the molecule is CC(NC1CC1)OC=O. The molecule has 1 unspecified atom stereocenters. The van der Waals surface area contributed by atoms with E-state index in [1.54, 1.807) is 0 Å². The van der Waals surface area contributed by atoms with Gasteiger partial charge in [-0.1, -0.05) is 0 Å². The first kappa shape index (κ1) is 6.55. The van der Waals surface area contributed by atoms with Crippen molar-refractivity contribution < 1.29 is 9.53 Å². The van der Waals surface area contributed by atoms with Crippen molar-refractivity contribution in [3.63, 3.8) is 0 Å². The van der Waals surface area contributed by atoms with Crippen LogP contribution in [0.5, 0.6) is 0 Å². The monoisotopic (exact) mass is 129 g/mol. The summed E-state index contributed by atoms with van der Waals surface area (Å²) in [4.78, 5) is 9.75. The highest BCUT2D eigenvalue weighted by Gasteiger charge is 2.22. The average Bonchev–Trinajstić information content (AvgIpc) is 2.50. The molecule has 9 heavy (non-hydrogen) atoms. The topological polar surface area (TPSA) is 38.3 Å². The second kappa shape index (κ2) is 2.82. The smallest absolute Gasteiger partial charge is 0.294 e. The molecule has 0 radical (unpaired) electrons. The second-order valence-corrected chi connectivity index (χ2v) is 2.32. The lowest BCUT2D eigenvalue weighted by molar-refractivity contribution is -0.134. The molecule has 1 rings (SSSR count). The van der Waals surface area contributed by atoms with Crippen LogP contribution < -0.4 is 5.32 Å². The van der Waals surface area contributed by atoms with Gasteiger partial charge in [-0.3, -0.25) is 10.1 Å². The van der Waals surface area contributed by atoms with Crippen LogP contribution >= 0.6 is 0 Å². The lowest BCUT2D eigenvalue weighted by atomic mass is 10.6. The zero-order valence-electron chi connectivity index (χ0n) is 5.46. The fourth-order valence-corrected chi connectivity index (χ4v) is 0.705. The standard InChI is InChI=1S/C6H11NO2/c1-5(9-4-8)7-6-2-3-6/h4-7H,2-3H2,1H3. The van der Waals surface area contributed by atoms with Crippen molar-refractivity contribution in [2.75, 3.05) is 0 Å². The van der Waals surface area contributed by atoms with Crippen LogP contribution in [-0.2, 0) is 9.53 Å². The van der Waals surface area contributed by atoms with Gasteiger partial charge >= 0.3 is 0 Å². The quantitative estimate of drug-likeness (QED) is 0.437. The first-order valence-corrected chi connectivity index (χ1v) is 3.18. The summed E-state index contributed by atoms with van der Waals surface area (Å²) in [6, 6.07) is 0.597. The third kappa shape index (κ3) is 2.46. The molecule has 0 saturated heterocycles. The molecule has 1 N–H and O–H groups in total. The molecule has 0 aromatic heterocycles. The molecule has 3 nitrogen and oxygen atoms in total. The molecule has 0 aliphatic heterocycles. The number of carbonyl (C=O) groups excluding carboxylic acids is 1. The molecule has 1 atom stereocenters. The van der Waals surface area contributed by atoms with Crippen LogP contribution in [-0.4, -0.2) is 18.7 Å². The highest BCUT2D eigenvalue weighted by atomic mass is 16.5. The maximum Gasteiger partial charge on any atom is 0.294 e. The van der Waals surface area contributed by atoms with Gasteiger partial charge in [-0.25, -0.2) is 0 Å². The predicted molar refractivity (Wildman–Crippen MR) is 32.8 cm³/mol. The zero-order chi connectivity index (χ0) is 6.69. The second-order valence-electron chi connectivity index (χ2n) is 2.32. The molecule has 3 heteroatoms. The Labute approximate surface area is 54.4 Å². The average molecular weight is 129 g/mol. The molecule has 52 valence electrons. The van der Waals surface area contributed by atoms with Gasteiger partial charge in [0.1, 0.15) is 6.23 Å². The number of ether oxygens (including phenoxy) is 1. The van der Waals surface area contributed by atoms with Crippen molar-refractivity contribution in [3.05, 3.63) is 0 Å². The zero-order valence-corrected chi connectivity index (χ0v) is 5.46. The Morgan fingerprint density at radius 2 is 2.44 bits per heavy atom. The molecule has 0 spiro atoms. The van der Waals surface area contributed by atoms with Gasteiger partial charge in [-0.15, -0.1) is 0 Å². The molecule has 0 aromatic rings. The van der Waals surface area contributed by atoms with Gasteiger partial charge < -0.3 is 4.74 Å². The molecule has 1 aliphatic carbocycles. The number of rotatable bonds is 4. The number of carbonyl (C=O) groups is 1. The van der Waals surface area contributed by atoms with Crippen LogP contribution in [0.3, 0.4) is 0 Å². The minimum atomic E-state index is -0.116. The van der Waals surface area contributed by atoms with Gasteiger partial charge in [0.2, 0.25) is 0 Å². The van der Waals surface area contributed by atoms with E-state index in [1.165, 1.54) is 12.8 Å². The summed E-state index contributed by atoms with van der Waals surface area (Å²) in [7, 11) is 0. The van der Waals surface area contributed by atoms with Crippen molar-refractivity contribution in [3.8, 4) is 0 Å². The molecule has 1 saturated carbocycles. The molecule has 0 heterocycles. The summed E-state index contributed by atoms with van der Waals surface area (Å²) in [5.41, 5.74) is 0. The predicted octanol–water partition coefficient (Wildman–Crippen LogP) is 0.257. The first-order chi connectivity index (χ1) is 4.33. The van der Waals surface area contributed by atoms with E-state index < -0.39 is 0 Å². The van der Waals surface area contributed by atoms with E-state index in [0.29, 0.717) is 12.5 Å². The van der Waals surface area contributed by atoms with Crippen LogP contribution in [0.2, 0.25) is 0 Å². The Bertz CT molecular complexity index is 101. The van der Waals surface area contributed by atoms with E-state index in [-0.39, 0.29) is 6.23 Å². The minimum absolute atomic E-state index is 0.116. The maximum absolute atomic E-state index is 9.75. The Morgan fingerprint density at radius 3 is 2.89 bits per heavy atom. The highest BCUT2D eigenvalue weighted by Crippen LogP contribution is 2.19. The Morgan fingerprint density at radius 1 is 1.78 bits per heavy atom. The normalized spacial score (nSPS) is 21.0. The number of hydrogen-bond donors (Lipinski definition) is 1. The number of hydrogen-bond acceptors (Lipinski definition) is 3. The van der Waals surface area contributed by atoms with Gasteiger partial charge in [0.15, 0.2) is 0 Å².